The van der Waals surface area contributed by atoms with E-state index in [1.807, 2.05) is 18.4 Å². The molecule has 0 spiro atoms. The summed E-state index contributed by atoms with van der Waals surface area (Å²) >= 11 is 1.57. The van der Waals surface area contributed by atoms with Gasteiger partial charge < -0.3 is 9.47 Å². The van der Waals surface area contributed by atoms with Crippen LogP contribution in [0.5, 0.6) is 11.5 Å². The minimum Gasteiger partial charge on any atom is -0.493 e. The maximum atomic E-state index is 12.5. The fraction of sp³-hybridized carbons (Fsp3) is 0.611. The van der Waals surface area contributed by atoms with Crippen LogP contribution in [0.25, 0.3) is 0 Å². The lowest BCUT2D eigenvalue weighted by atomic mass is 10.0. The van der Waals surface area contributed by atoms with Gasteiger partial charge in [0.2, 0.25) is 0 Å². The lowest BCUT2D eigenvalue weighted by molar-refractivity contribution is 0.0976. The van der Waals surface area contributed by atoms with Gasteiger partial charge in [0.15, 0.2) is 17.3 Å². The average molecular weight is 324 g/mol. The summed E-state index contributed by atoms with van der Waals surface area (Å²) in [6.45, 7) is 2.21. The van der Waals surface area contributed by atoms with Crippen LogP contribution in [0.4, 0.5) is 0 Å². The highest BCUT2D eigenvalue weighted by atomic mass is 32.2. The van der Waals surface area contributed by atoms with E-state index in [0.717, 1.165) is 23.3 Å². The predicted octanol–water partition coefficient (Wildman–Crippen LogP) is 5.36. The number of hydrogen-bond acceptors (Lipinski definition) is 4. The maximum Gasteiger partial charge on any atom is 0.164 e. The lowest BCUT2D eigenvalue weighted by Gasteiger charge is -2.13. The Labute approximate surface area is 138 Å². The third-order valence-corrected chi connectivity index (χ3v) is 4.54. The number of carbonyl (C=O) groups is 1. The zero-order valence-corrected chi connectivity index (χ0v) is 15.1. The molecule has 1 rings (SSSR count). The first kappa shape index (κ1) is 18.9. The molecule has 4 heteroatoms. The van der Waals surface area contributed by atoms with E-state index in [4.69, 9.17) is 9.47 Å². The number of carbonyl (C=O) groups excluding carboxylic acids is 1. The van der Waals surface area contributed by atoms with Crippen molar-refractivity contribution in [2.75, 3.05) is 20.5 Å². The van der Waals surface area contributed by atoms with E-state index in [2.05, 4.69) is 6.92 Å². The van der Waals surface area contributed by atoms with Crippen LogP contribution in [0.1, 0.15) is 62.2 Å². The number of Topliss-reactive ketones (excluding diaryl/α,β-unsaturated/α-hetero) is 1. The minimum absolute atomic E-state index is 0.195. The van der Waals surface area contributed by atoms with Crippen molar-refractivity contribution in [3.05, 3.63) is 17.7 Å². The highest BCUT2D eigenvalue weighted by molar-refractivity contribution is 7.98. The van der Waals surface area contributed by atoms with Crippen molar-refractivity contribution < 1.29 is 14.3 Å². The standard InChI is InChI=1S/C18H28O3S/c1-5-6-7-8-9-10-11-15(19)14-12-16(20-2)17(21-3)13-18(14)22-4/h12-13H,5-11H2,1-4H3. The number of rotatable bonds is 11. The average Bonchev–Trinajstić information content (AvgIpc) is 2.56. The van der Waals surface area contributed by atoms with Crippen LogP contribution < -0.4 is 9.47 Å². The van der Waals surface area contributed by atoms with E-state index < -0.39 is 0 Å². The zero-order chi connectivity index (χ0) is 16.4. The molecule has 0 radical (unpaired) electrons. The van der Waals surface area contributed by atoms with Crippen molar-refractivity contribution in [1.82, 2.24) is 0 Å². The van der Waals surface area contributed by atoms with E-state index in [-0.39, 0.29) is 5.78 Å². The fourth-order valence-electron chi connectivity index (χ4n) is 2.45. The summed E-state index contributed by atoms with van der Waals surface area (Å²) < 4.78 is 10.6. The number of methoxy groups -OCH3 is 2. The van der Waals surface area contributed by atoms with Crippen molar-refractivity contribution in [2.45, 2.75) is 56.8 Å². The number of thioether (sulfide) groups is 1. The summed E-state index contributed by atoms with van der Waals surface area (Å²) in [5.41, 5.74) is 0.749. The first-order valence-corrected chi connectivity index (χ1v) is 9.23. The van der Waals surface area contributed by atoms with Gasteiger partial charge in [-0.3, -0.25) is 4.79 Å². The monoisotopic (exact) mass is 324 g/mol. The van der Waals surface area contributed by atoms with Crippen molar-refractivity contribution in [3.8, 4) is 11.5 Å². The van der Waals surface area contributed by atoms with E-state index >= 15 is 0 Å². The Morgan fingerprint density at radius 2 is 1.59 bits per heavy atom. The molecule has 0 saturated heterocycles. The summed E-state index contributed by atoms with van der Waals surface area (Å²) in [6, 6.07) is 3.70. The van der Waals surface area contributed by atoms with Gasteiger partial charge in [-0.25, -0.2) is 0 Å². The first-order valence-electron chi connectivity index (χ1n) is 8.01. The van der Waals surface area contributed by atoms with E-state index in [1.165, 1.54) is 25.7 Å². The molecule has 0 aromatic heterocycles. The summed E-state index contributed by atoms with van der Waals surface area (Å²) in [6.07, 6.45) is 9.72. The van der Waals surface area contributed by atoms with Crippen LogP contribution >= 0.6 is 11.8 Å². The van der Waals surface area contributed by atoms with Crippen LogP contribution in [-0.2, 0) is 0 Å². The molecular weight excluding hydrogens is 296 g/mol. The Balaban J connectivity index is 2.67. The highest BCUT2D eigenvalue weighted by Crippen LogP contribution is 2.35. The number of benzene rings is 1. The second kappa shape index (κ2) is 10.5. The van der Waals surface area contributed by atoms with Crippen molar-refractivity contribution in [1.29, 1.82) is 0 Å². The zero-order valence-electron chi connectivity index (χ0n) is 14.2. The third-order valence-electron chi connectivity index (χ3n) is 3.76. The fourth-order valence-corrected chi connectivity index (χ4v) is 3.07. The van der Waals surface area contributed by atoms with Gasteiger partial charge in [-0.15, -0.1) is 11.8 Å². The normalized spacial score (nSPS) is 10.5. The third kappa shape index (κ3) is 5.56. The van der Waals surface area contributed by atoms with Gasteiger partial charge in [0.05, 0.1) is 14.2 Å². The molecule has 0 fully saturated rings. The molecule has 0 aliphatic rings. The number of ketones is 1. The molecule has 124 valence electrons. The highest BCUT2D eigenvalue weighted by Gasteiger charge is 2.16. The van der Waals surface area contributed by atoms with Gasteiger partial charge in [0, 0.05) is 16.9 Å². The largest absolute Gasteiger partial charge is 0.493 e. The quantitative estimate of drug-likeness (QED) is 0.312. The van der Waals surface area contributed by atoms with Crippen molar-refractivity contribution in [2.24, 2.45) is 0 Å². The molecule has 0 N–H and O–H groups in total. The van der Waals surface area contributed by atoms with Gasteiger partial charge >= 0.3 is 0 Å². The SMILES string of the molecule is CCCCCCCCC(=O)c1cc(OC)c(OC)cc1SC. The summed E-state index contributed by atoms with van der Waals surface area (Å²) in [5.74, 6) is 1.48. The molecule has 0 unspecified atom stereocenters. The predicted molar refractivity (Wildman–Crippen MR) is 93.7 cm³/mol. The molecule has 0 heterocycles. The number of ether oxygens (including phenoxy) is 2. The van der Waals surface area contributed by atoms with E-state index in [1.54, 1.807) is 26.0 Å². The van der Waals surface area contributed by atoms with Gasteiger partial charge in [-0.2, -0.15) is 0 Å². The molecule has 22 heavy (non-hydrogen) atoms. The molecule has 1 aromatic carbocycles. The maximum absolute atomic E-state index is 12.5. The number of hydrogen-bond donors (Lipinski definition) is 0. The second-order valence-electron chi connectivity index (χ2n) is 5.35. The molecule has 0 saturated carbocycles. The van der Waals surface area contributed by atoms with Gasteiger partial charge in [0.25, 0.3) is 0 Å². The molecule has 0 aliphatic heterocycles. The van der Waals surface area contributed by atoms with Crippen LogP contribution in [0.15, 0.2) is 17.0 Å². The van der Waals surface area contributed by atoms with Gasteiger partial charge in [-0.1, -0.05) is 39.0 Å². The van der Waals surface area contributed by atoms with Crippen LogP contribution in [0, 0.1) is 0 Å². The Hall–Kier alpha value is -1.16. The van der Waals surface area contributed by atoms with Crippen LogP contribution in [0.3, 0.4) is 0 Å². The van der Waals surface area contributed by atoms with Gasteiger partial charge in [0.1, 0.15) is 0 Å². The Morgan fingerprint density at radius 1 is 1.00 bits per heavy atom. The first-order chi connectivity index (χ1) is 10.7. The topological polar surface area (TPSA) is 35.5 Å². The second-order valence-corrected chi connectivity index (χ2v) is 6.20. The Kier molecular flexibility index (Phi) is 9.05. The van der Waals surface area contributed by atoms with Crippen molar-refractivity contribution >= 4 is 17.5 Å². The van der Waals surface area contributed by atoms with Gasteiger partial charge in [-0.05, 0) is 24.8 Å². The summed E-state index contributed by atoms with van der Waals surface area (Å²) in [7, 11) is 3.21. The molecule has 0 aliphatic carbocycles. The molecule has 0 bridgehead atoms. The molecule has 3 nitrogen and oxygen atoms in total. The molecule has 0 atom stereocenters. The smallest absolute Gasteiger partial charge is 0.164 e. The van der Waals surface area contributed by atoms with E-state index in [9.17, 15) is 4.79 Å². The van der Waals surface area contributed by atoms with Crippen LogP contribution in [-0.4, -0.2) is 26.3 Å². The Morgan fingerprint density at radius 3 is 2.18 bits per heavy atom. The van der Waals surface area contributed by atoms with Crippen LogP contribution in [0.2, 0.25) is 0 Å². The van der Waals surface area contributed by atoms with Crippen molar-refractivity contribution in [3.63, 3.8) is 0 Å². The number of unbranched alkanes of at least 4 members (excludes halogenated alkanes) is 5. The molecule has 1 aromatic rings. The summed E-state index contributed by atoms with van der Waals surface area (Å²) in [4.78, 5) is 13.4. The van der Waals surface area contributed by atoms with E-state index in [0.29, 0.717) is 17.9 Å². The summed E-state index contributed by atoms with van der Waals surface area (Å²) in [5, 5.41) is 0. The Bertz CT molecular complexity index is 472. The minimum atomic E-state index is 0.195. The molecular formula is C18H28O3S. The lowest BCUT2D eigenvalue weighted by Crippen LogP contribution is -2.03. The molecule has 0 amide bonds.